The average molecular weight is 212 g/mol. The summed E-state index contributed by atoms with van der Waals surface area (Å²) in [5, 5.41) is 9.73. The lowest BCUT2D eigenvalue weighted by atomic mass is 10.3. The molecule has 0 aliphatic carbocycles. The van der Waals surface area contributed by atoms with E-state index in [4.69, 9.17) is 4.74 Å². The van der Waals surface area contributed by atoms with Crippen molar-refractivity contribution < 1.29 is 19.5 Å². The van der Waals surface area contributed by atoms with Gasteiger partial charge in [0, 0.05) is 5.56 Å². The van der Waals surface area contributed by atoms with Crippen LogP contribution in [-0.4, -0.2) is 30.5 Å². The van der Waals surface area contributed by atoms with E-state index in [9.17, 15) is 10.0 Å². The van der Waals surface area contributed by atoms with Crippen LogP contribution < -0.4 is 9.80 Å². The summed E-state index contributed by atoms with van der Waals surface area (Å²) in [7, 11) is 2.67. The van der Waals surface area contributed by atoms with Gasteiger partial charge in [-0.1, -0.05) is 0 Å². The number of carbonyl (C=O) groups excluding carboxylic acids is 1. The van der Waals surface area contributed by atoms with Crippen molar-refractivity contribution in [1.82, 2.24) is 4.98 Å². The van der Waals surface area contributed by atoms with Gasteiger partial charge in [-0.25, -0.2) is 9.78 Å². The molecular formula is C9H12N2O4. The number of hydroxylamine groups is 1. The third kappa shape index (κ3) is 2.35. The number of ether oxygens (including phenoxy) is 2. The zero-order valence-corrected chi connectivity index (χ0v) is 8.72. The molecule has 82 valence electrons. The van der Waals surface area contributed by atoms with Gasteiger partial charge in [0.25, 0.3) is 0 Å². The molecule has 15 heavy (non-hydrogen) atoms. The summed E-state index contributed by atoms with van der Waals surface area (Å²) in [5.74, 6) is 0.442. The number of anilines is 1. The van der Waals surface area contributed by atoms with Gasteiger partial charge in [-0.2, -0.15) is 5.06 Å². The first kappa shape index (κ1) is 11.3. The van der Waals surface area contributed by atoms with Crippen LogP contribution >= 0.6 is 0 Å². The lowest BCUT2D eigenvalue weighted by Gasteiger charge is -2.13. The van der Waals surface area contributed by atoms with Crippen molar-refractivity contribution in [2.24, 2.45) is 0 Å². The largest absolute Gasteiger partial charge is 0.481 e. The van der Waals surface area contributed by atoms with Crippen molar-refractivity contribution in [2.75, 3.05) is 19.3 Å². The van der Waals surface area contributed by atoms with Gasteiger partial charge < -0.3 is 9.47 Å². The first-order valence-electron chi connectivity index (χ1n) is 4.17. The molecule has 0 aliphatic heterocycles. The number of hydrogen-bond acceptors (Lipinski definition) is 5. The summed E-state index contributed by atoms with van der Waals surface area (Å²) < 4.78 is 9.28. The predicted octanol–water partition coefficient (Wildman–Crippen LogP) is 1.36. The Kier molecular flexibility index (Phi) is 3.46. The van der Waals surface area contributed by atoms with E-state index in [1.165, 1.54) is 20.4 Å². The number of amides is 1. The summed E-state index contributed by atoms with van der Waals surface area (Å²) >= 11 is 0. The van der Waals surface area contributed by atoms with Gasteiger partial charge in [0.05, 0.1) is 26.1 Å². The van der Waals surface area contributed by atoms with Gasteiger partial charge in [-0.15, -0.1) is 0 Å². The first-order chi connectivity index (χ1) is 7.10. The van der Waals surface area contributed by atoms with E-state index in [1.54, 1.807) is 13.0 Å². The van der Waals surface area contributed by atoms with Crippen LogP contribution in [0.15, 0.2) is 12.3 Å². The maximum absolute atomic E-state index is 11.0. The number of hydrogen-bond donors (Lipinski definition) is 1. The van der Waals surface area contributed by atoms with Crippen molar-refractivity contribution in [3.05, 3.63) is 17.8 Å². The highest BCUT2D eigenvalue weighted by molar-refractivity contribution is 5.84. The molecule has 0 saturated heterocycles. The number of aryl methyl sites for hydroxylation is 1. The second-order valence-corrected chi connectivity index (χ2v) is 2.80. The summed E-state index contributed by atoms with van der Waals surface area (Å²) in [6.45, 7) is 1.75. The highest BCUT2D eigenvalue weighted by atomic mass is 16.6. The average Bonchev–Trinajstić information content (AvgIpc) is 2.26. The summed E-state index contributed by atoms with van der Waals surface area (Å²) in [6, 6.07) is 1.56. The minimum Gasteiger partial charge on any atom is -0.481 e. The molecule has 1 N–H and O–H groups in total. The van der Waals surface area contributed by atoms with Crippen molar-refractivity contribution in [3.8, 4) is 5.88 Å². The Morgan fingerprint density at radius 3 is 2.67 bits per heavy atom. The standard InChI is InChI=1S/C9H12N2O4/c1-6-4-7(5-10-8(6)14-2)11(13)9(12)15-3/h4-5,13H,1-3H3. The fraction of sp³-hybridized carbons (Fsp3) is 0.333. The topological polar surface area (TPSA) is 71.9 Å². The Labute approximate surface area is 87.0 Å². The minimum atomic E-state index is -0.874. The van der Waals surface area contributed by atoms with E-state index >= 15 is 0 Å². The summed E-state index contributed by atoms with van der Waals surface area (Å²) in [6.07, 6.45) is 0.435. The van der Waals surface area contributed by atoms with Gasteiger partial charge in [0.15, 0.2) is 0 Å². The normalized spacial score (nSPS) is 9.60. The van der Waals surface area contributed by atoms with Crippen molar-refractivity contribution >= 4 is 11.8 Å². The zero-order chi connectivity index (χ0) is 11.4. The number of nitrogens with zero attached hydrogens (tertiary/aromatic N) is 2. The summed E-state index contributed by atoms with van der Waals surface area (Å²) in [4.78, 5) is 14.9. The molecule has 0 fully saturated rings. The molecule has 0 bridgehead atoms. The molecule has 0 saturated carbocycles. The van der Waals surface area contributed by atoms with Crippen molar-refractivity contribution in [2.45, 2.75) is 6.92 Å². The van der Waals surface area contributed by atoms with Crippen LogP contribution in [0.3, 0.4) is 0 Å². The molecule has 0 atom stereocenters. The fourth-order valence-electron chi connectivity index (χ4n) is 1.07. The Balaban J connectivity index is 2.97. The van der Waals surface area contributed by atoms with Crippen LogP contribution in [-0.2, 0) is 4.74 Å². The van der Waals surface area contributed by atoms with E-state index in [2.05, 4.69) is 9.72 Å². The van der Waals surface area contributed by atoms with Gasteiger partial charge in [0.2, 0.25) is 5.88 Å². The van der Waals surface area contributed by atoms with Crippen LogP contribution in [0.4, 0.5) is 10.5 Å². The van der Waals surface area contributed by atoms with Gasteiger partial charge in [-0.05, 0) is 13.0 Å². The number of methoxy groups -OCH3 is 2. The van der Waals surface area contributed by atoms with Crippen LogP contribution in [0, 0.1) is 6.92 Å². The second-order valence-electron chi connectivity index (χ2n) is 2.80. The minimum absolute atomic E-state index is 0.222. The molecule has 1 amide bonds. The number of rotatable bonds is 2. The lowest BCUT2D eigenvalue weighted by molar-refractivity contribution is 0.141. The van der Waals surface area contributed by atoms with E-state index in [-0.39, 0.29) is 5.69 Å². The van der Waals surface area contributed by atoms with Gasteiger partial charge >= 0.3 is 6.09 Å². The Morgan fingerprint density at radius 1 is 1.53 bits per heavy atom. The van der Waals surface area contributed by atoms with E-state index in [0.717, 1.165) is 0 Å². The van der Waals surface area contributed by atoms with Gasteiger partial charge in [0.1, 0.15) is 0 Å². The number of aromatic nitrogens is 1. The summed E-state index contributed by atoms with van der Waals surface area (Å²) in [5.41, 5.74) is 0.929. The predicted molar refractivity (Wildman–Crippen MR) is 52.2 cm³/mol. The SMILES string of the molecule is COC(=O)N(O)c1cnc(OC)c(C)c1. The quantitative estimate of drug-likeness (QED) is 0.592. The van der Waals surface area contributed by atoms with Crippen LogP contribution in [0.5, 0.6) is 5.88 Å². The third-order valence-corrected chi connectivity index (χ3v) is 1.80. The molecule has 1 rings (SSSR count). The number of pyridine rings is 1. The fourth-order valence-corrected chi connectivity index (χ4v) is 1.07. The molecule has 0 aliphatic rings. The first-order valence-corrected chi connectivity index (χ1v) is 4.17. The molecule has 0 aromatic carbocycles. The molecule has 1 heterocycles. The van der Waals surface area contributed by atoms with Crippen LogP contribution in [0.2, 0.25) is 0 Å². The smallest absolute Gasteiger partial charge is 0.438 e. The molecular weight excluding hydrogens is 200 g/mol. The Bertz CT molecular complexity index is 367. The zero-order valence-electron chi connectivity index (χ0n) is 8.72. The van der Waals surface area contributed by atoms with Crippen molar-refractivity contribution in [1.29, 1.82) is 0 Å². The van der Waals surface area contributed by atoms with Crippen LogP contribution in [0.25, 0.3) is 0 Å². The molecule has 6 heteroatoms. The number of carbonyl (C=O) groups is 1. The Hall–Kier alpha value is -1.82. The highest BCUT2D eigenvalue weighted by Gasteiger charge is 2.14. The maximum atomic E-state index is 11.0. The van der Waals surface area contributed by atoms with E-state index in [0.29, 0.717) is 16.5 Å². The second kappa shape index (κ2) is 4.61. The maximum Gasteiger partial charge on any atom is 0.438 e. The molecule has 6 nitrogen and oxygen atoms in total. The molecule has 1 aromatic rings. The lowest BCUT2D eigenvalue weighted by Crippen LogP contribution is -2.26. The third-order valence-electron chi connectivity index (χ3n) is 1.80. The van der Waals surface area contributed by atoms with Gasteiger partial charge in [-0.3, -0.25) is 5.21 Å². The van der Waals surface area contributed by atoms with E-state index < -0.39 is 6.09 Å². The molecule has 1 aromatic heterocycles. The molecule has 0 unspecified atom stereocenters. The highest BCUT2D eigenvalue weighted by Crippen LogP contribution is 2.20. The van der Waals surface area contributed by atoms with E-state index in [1.807, 2.05) is 0 Å². The monoisotopic (exact) mass is 212 g/mol. The van der Waals surface area contributed by atoms with Crippen LogP contribution in [0.1, 0.15) is 5.56 Å². The van der Waals surface area contributed by atoms with Crippen molar-refractivity contribution in [3.63, 3.8) is 0 Å². The molecule has 0 radical (unpaired) electrons. The molecule has 0 spiro atoms. The Morgan fingerprint density at radius 2 is 2.20 bits per heavy atom.